The maximum Gasteiger partial charge on any atom is 0.335 e. The largest absolute Gasteiger partial charge is 0.478 e. The Bertz CT molecular complexity index is 1280. The van der Waals surface area contributed by atoms with E-state index in [9.17, 15) is 15.0 Å². The number of carboxylic acids is 1. The van der Waals surface area contributed by atoms with Crippen LogP contribution in [-0.2, 0) is 17.6 Å². The average Bonchev–Trinajstić information content (AvgIpc) is 2.92. The molecule has 7 nitrogen and oxygen atoms in total. The molecule has 0 radical (unpaired) electrons. The summed E-state index contributed by atoms with van der Waals surface area (Å²) in [6.45, 7) is 1.84. The Hall–Kier alpha value is -3.10. The van der Waals surface area contributed by atoms with Crippen molar-refractivity contribution in [2.24, 2.45) is 0 Å². The molecule has 3 aromatic carbocycles. The third-order valence-electron chi connectivity index (χ3n) is 7.22. The second kappa shape index (κ2) is 12.2. The van der Waals surface area contributed by atoms with E-state index >= 15 is 0 Å². The fourth-order valence-electron chi connectivity index (χ4n) is 5.16. The molecule has 0 bridgehead atoms. The zero-order chi connectivity index (χ0) is 26.5. The summed E-state index contributed by atoms with van der Waals surface area (Å²) in [6.07, 6.45) is 3.87. The van der Waals surface area contributed by atoms with Gasteiger partial charge in [-0.1, -0.05) is 29.8 Å². The van der Waals surface area contributed by atoms with Crippen molar-refractivity contribution in [2.75, 3.05) is 25.1 Å². The fraction of sp³-hybridized carbons (Fsp3) is 0.367. The number of anilines is 1. The summed E-state index contributed by atoms with van der Waals surface area (Å²) in [5.74, 6) is 0.155. The number of hydrogen-bond donors (Lipinski definition) is 4. The first-order chi connectivity index (χ1) is 18.4. The minimum atomic E-state index is -0.996. The number of halogens is 1. The summed E-state index contributed by atoms with van der Waals surface area (Å²) in [5.41, 5.74) is 4.18. The van der Waals surface area contributed by atoms with E-state index in [1.807, 2.05) is 30.3 Å². The van der Waals surface area contributed by atoms with Crippen molar-refractivity contribution in [1.82, 2.24) is 5.32 Å². The maximum atomic E-state index is 11.8. The van der Waals surface area contributed by atoms with Crippen molar-refractivity contribution in [3.8, 4) is 11.5 Å². The van der Waals surface area contributed by atoms with E-state index in [4.69, 9.17) is 21.1 Å². The molecule has 2 atom stereocenters. The molecule has 0 amide bonds. The number of aryl methyl sites for hydroxylation is 1. The molecule has 1 heterocycles. The number of ether oxygens (including phenoxy) is 2. The highest BCUT2D eigenvalue weighted by Gasteiger charge is 2.21. The molecule has 1 aliphatic carbocycles. The molecule has 0 unspecified atom stereocenters. The maximum absolute atomic E-state index is 11.8. The Labute approximate surface area is 227 Å². The van der Waals surface area contributed by atoms with Crippen LogP contribution in [0.4, 0.5) is 5.69 Å². The van der Waals surface area contributed by atoms with Crippen LogP contribution in [0.1, 0.15) is 52.4 Å². The van der Waals surface area contributed by atoms with Crippen LogP contribution >= 0.6 is 11.6 Å². The summed E-state index contributed by atoms with van der Waals surface area (Å²) in [6, 6.07) is 18.9. The molecule has 0 spiro atoms. The molecule has 5 rings (SSSR count). The number of fused-ring (bicyclic) bond motifs is 1. The van der Waals surface area contributed by atoms with E-state index in [0.29, 0.717) is 36.3 Å². The van der Waals surface area contributed by atoms with E-state index in [-0.39, 0.29) is 17.6 Å². The molecule has 1 aliphatic heterocycles. The van der Waals surface area contributed by atoms with Gasteiger partial charge in [-0.15, -0.1) is 0 Å². The van der Waals surface area contributed by atoms with E-state index in [0.717, 1.165) is 43.4 Å². The van der Waals surface area contributed by atoms with Gasteiger partial charge in [0.05, 0.1) is 11.7 Å². The molecule has 1 saturated heterocycles. The van der Waals surface area contributed by atoms with Gasteiger partial charge in [0.1, 0.15) is 11.5 Å². The Morgan fingerprint density at radius 3 is 2.63 bits per heavy atom. The Morgan fingerprint density at radius 1 is 1.00 bits per heavy atom. The number of aliphatic hydroxyl groups is 1. The number of aliphatic hydroxyl groups excluding tert-OH is 1. The lowest BCUT2D eigenvalue weighted by Crippen LogP contribution is -2.37. The van der Waals surface area contributed by atoms with Crippen molar-refractivity contribution >= 4 is 23.3 Å². The fourth-order valence-corrected chi connectivity index (χ4v) is 5.36. The summed E-state index contributed by atoms with van der Waals surface area (Å²) in [5, 5.41) is 27.8. The molecule has 2 aliphatic rings. The van der Waals surface area contributed by atoms with Crippen LogP contribution in [0.2, 0.25) is 5.02 Å². The third kappa shape index (κ3) is 6.85. The van der Waals surface area contributed by atoms with Gasteiger partial charge in [-0.05, 0) is 85.2 Å². The second-order valence-electron chi connectivity index (χ2n) is 10.0. The topological polar surface area (TPSA) is 100 Å². The van der Waals surface area contributed by atoms with Gasteiger partial charge >= 0.3 is 5.97 Å². The highest BCUT2D eigenvalue weighted by Crippen LogP contribution is 2.31. The molecule has 0 aromatic heterocycles. The van der Waals surface area contributed by atoms with Gasteiger partial charge in [0, 0.05) is 48.6 Å². The first kappa shape index (κ1) is 26.5. The predicted molar refractivity (Wildman–Crippen MR) is 148 cm³/mol. The summed E-state index contributed by atoms with van der Waals surface area (Å²) in [7, 11) is 0. The molecule has 4 N–H and O–H groups in total. The normalized spacial score (nSPS) is 18.4. The van der Waals surface area contributed by atoms with Gasteiger partial charge < -0.3 is 30.3 Å². The molecule has 8 heteroatoms. The molecular formula is C30H33ClN2O5. The highest BCUT2D eigenvalue weighted by atomic mass is 35.5. The number of carbonyl (C=O) groups is 1. The zero-order valence-corrected chi connectivity index (χ0v) is 21.9. The number of benzene rings is 3. The smallest absolute Gasteiger partial charge is 0.335 e. The number of hydrogen-bond acceptors (Lipinski definition) is 6. The number of carboxylic acid groups (broad SMARTS) is 1. The van der Waals surface area contributed by atoms with Gasteiger partial charge in [-0.2, -0.15) is 0 Å². The number of nitrogens with one attached hydrogen (secondary N) is 2. The van der Waals surface area contributed by atoms with E-state index in [1.165, 1.54) is 11.1 Å². The SMILES string of the molecule is O=C(O)c1cc(NC2CCOCC2)cc(Oc2ccc3c(c2)C[C@@H](NC[C@@H](O)c2cccc(Cl)c2)CC3)c1. The number of aromatic carboxylic acids is 1. The van der Waals surface area contributed by atoms with E-state index in [1.54, 1.807) is 24.3 Å². The standard InChI is InChI=1S/C30H33ClN2O5/c31-23-3-1-2-20(12-23)29(34)18-32-25-6-4-19-5-7-27(15-21(19)13-25)38-28-16-22(30(35)36)14-26(17-28)33-24-8-10-37-11-9-24/h1-3,5,7,12,14-17,24-25,29,32-34H,4,6,8-11,13,18H2,(H,35,36)/t25-,29+/m0/s1. The predicted octanol–water partition coefficient (Wildman–Crippen LogP) is 5.60. The minimum absolute atomic E-state index is 0.178. The summed E-state index contributed by atoms with van der Waals surface area (Å²) in [4.78, 5) is 11.8. The average molecular weight is 537 g/mol. The lowest BCUT2D eigenvalue weighted by atomic mass is 9.88. The van der Waals surface area contributed by atoms with Gasteiger partial charge in [-0.3, -0.25) is 0 Å². The van der Waals surface area contributed by atoms with Gasteiger partial charge in [0.2, 0.25) is 0 Å². The lowest BCUT2D eigenvalue weighted by molar-refractivity contribution is 0.0696. The Balaban J connectivity index is 1.25. The minimum Gasteiger partial charge on any atom is -0.478 e. The van der Waals surface area contributed by atoms with Crippen LogP contribution in [0.25, 0.3) is 0 Å². The molecular weight excluding hydrogens is 504 g/mol. The first-order valence-electron chi connectivity index (χ1n) is 13.1. The van der Waals surface area contributed by atoms with Crippen LogP contribution in [0.3, 0.4) is 0 Å². The Morgan fingerprint density at radius 2 is 1.84 bits per heavy atom. The summed E-state index contributed by atoms with van der Waals surface area (Å²) >= 11 is 6.06. The van der Waals surface area contributed by atoms with E-state index < -0.39 is 12.1 Å². The van der Waals surface area contributed by atoms with Crippen LogP contribution in [0.15, 0.2) is 60.7 Å². The van der Waals surface area contributed by atoms with E-state index in [2.05, 4.69) is 16.7 Å². The van der Waals surface area contributed by atoms with Crippen LogP contribution in [0.5, 0.6) is 11.5 Å². The van der Waals surface area contributed by atoms with Gasteiger partial charge in [0.25, 0.3) is 0 Å². The van der Waals surface area contributed by atoms with Crippen molar-refractivity contribution in [3.63, 3.8) is 0 Å². The monoisotopic (exact) mass is 536 g/mol. The van der Waals surface area contributed by atoms with Crippen molar-refractivity contribution < 1.29 is 24.5 Å². The molecule has 38 heavy (non-hydrogen) atoms. The lowest BCUT2D eigenvalue weighted by Gasteiger charge is -2.27. The molecule has 200 valence electrons. The zero-order valence-electron chi connectivity index (χ0n) is 21.2. The van der Waals surface area contributed by atoms with Gasteiger partial charge in [0.15, 0.2) is 0 Å². The molecule has 1 fully saturated rings. The van der Waals surface area contributed by atoms with Crippen molar-refractivity contribution in [2.45, 2.75) is 50.3 Å². The Kier molecular flexibility index (Phi) is 8.49. The van der Waals surface area contributed by atoms with Gasteiger partial charge in [-0.25, -0.2) is 4.79 Å². The van der Waals surface area contributed by atoms with Crippen LogP contribution in [0, 0.1) is 0 Å². The van der Waals surface area contributed by atoms with Crippen molar-refractivity contribution in [3.05, 3.63) is 87.9 Å². The molecule has 3 aromatic rings. The highest BCUT2D eigenvalue weighted by molar-refractivity contribution is 6.30. The molecule has 0 saturated carbocycles. The van der Waals surface area contributed by atoms with Crippen LogP contribution < -0.4 is 15.4 Å². The van der Waals surface area contributed by atoms with Crippen LogP contribution in [-0.4, -0.2) is 48.0 Å². The number of rotatable bonds is 9. The van der Waals surface area contributed by atoms with Crippen molar-refractivity contribution in [1.29, 1.82) is 0 Å². The second-order valence-corrected chi connectivity index (χ2v) is 10.5. The summed E-state index contributed by atoms with van der Waals surface area (Å²) < 4.78 is 11.6. The first-order valence-corrected chi connectivity index (χ1v) is 13.5. The quantitative estimate of drug-likeness (QED) is 0.282. The third-order valence-corrected chi connectivity index (χ3v) is 7.46.